The quantitative estimate of drug-likeness (QED) is 0.794. The monoisotopic (exact) mass is 329 g/mol. The second kappa shape index (κ2) is 6.71. The molecule has 0 spiro atoms. The molecule has 0 radical (unpaired) electrons. The van der Waals surface area contributed by atoms with E-state index < -0.39 is 5.41 Å². The summed E-state index contributed by atoms with van der Waals surface area (Å²) in [5.74, 6) is -0.620. The van der Waals surface area contributed by atoms with Gasteiger partial charge in [0.2, 0.25) is 5.91 Å². The smallest absolute Gasteiger partial charge is 0.233 e. The summed E-state index contributed by atoms with van der Waals surface area (Å²) in [5.41, 5.74) is 0.876. The van der Waals surface area contributed by atoms with E-state index in [4.69, 9.17) is 0 Å². The fourth-order valence-electron chi connectivity index (χ4n) is 3.43. The molecule has 1 saturated carbocycles. The number of hydrogen-bond donors (Lipinski definition) is 0. The van der Waals surface area contributed by atoms with Crippen molar-refractivity contribution in [2.24, 2.45) is 0 Å². The highest BCUT2D eigenvalue weighted by Gasteiger charge is 2.47. The number of benzene rings is 2. The van der Waals surface area contributed by atoms with Crippen LogP contribution in [-0.4, -0.2) is 17.4 Å². The van der Waals surface area contributed by atoms with Gasteiger partial charge < -0.3 is 4.90 Å². The van der Waals surface area contributed by atoms with Crippen LogP contribution in [0.4, 0.5) is 8.78 Å². The number of carbonyl (C=O) groups is 1. The fraction of sp³-hybridized carbons (Fsp3) is 0.350. The predicted molar refractivity (Wildman–Crippen MR) is 89.4 cm³/mol. The molecule has 1 aliphatic carbocycles. The van der Waals surface area contributed by atoms with Gasteiger partial charge in [-0.05, 0) is 55.2 Å². The lowest BCUT2D eigenvalue weighted by atomic mass is 9.63. The molecule has 0 aliphatic heterocycles. The number of halogens is 2. The standard InChI is InChI=1S/C20H21F2NO/c1-2-23(14-15-6-3-8-17(21)12-15)19(24)20(10-5-11-20)16-7-4-9-18(22)13-16/h3-4,6-9,12-13H,2,5,10-11,14H2,1H3. The van der Waals surface area contributed by atoms with Crippen LogP contribution in [0, 0.1) is 11.6 Å². The Morgan fingerprint density at radius 2 is 1.75 bits per heavy atom. The summed E-state index contributed by atoms with van der Waals surface area (Å²) >= 11 is 0. The average Bonchev–Trinajstić information content (AvgIpc) is 2.51. The summed E-state index contributed by atoms with van der Waals surface area (Å²) in [6.07, 6.45) is 2.42. The molecule has 0 aromatic heterocycles. The third-order valence-electron chi connectivity index (χ3n) is 4.93. The lowest BCUT2D eigenvalue weighted by Crippen LogP contribution is -2.50. The molecule has 3 rings (SSSR count). The second-order valence-electron chi connectivity index (χ2n) is 6.40. The van der Waals surface area contributed by atoms with Crippen molar-refractivity contribution in [1.82, 2.24) is 4.90 Å². The maximum atomic E-state index is 13.6. The summed E-state index contributed by atoms with van der Waals surface area (Å²) in [6, 6.07) is 12.6. The van der Waals surface area contributed by atoms with Gasteiger partial charge in [0.15, 0.2) is 0 Å². The molecular formula is C20H21F2NO. The number of amides is 1. The molecule has 0 saturated heterocycles. The van der Waals surface area contributed by atoms with Crippen LogP contribution < -0.4 is 0 Å². The number of rotatable bonds is 5. The molecule has 24 heavy (non-hydrogen) atoms. The zero-order chi connectivity index (χ0) is 17.2. The van der Waals surface area contributed by atoms with Crippen molar-refractivity contribution in [3.8, 4) is 0 Å². The van der Waals surface area contributed by atoms with Gasteiger partial charge in [-0.25, -0.2) is 8.78 Å². The van der Waals surface area contributed by atoms with Crippen molar-refractivity contribution in [3.05, 3.63) is 71.3 Å². The number of nitrogens with zero attached hydrogens (tertiary/aromatic N) is 1. The minimum atomic E-state index is -0.633. The highest BCUT2D eigenvalue weighted by atomic mass is 19.1. The maximum Gasteiger partial charge on any atom is 0.233 e. The van der Waals surface area contributed by atoms with E-state index in [1.807, 2.05) is 19.1 Å². The Bertz CT molecular complexity index is 740. The minimum absolute atomic E-state index is 0.00566. The molecular weight excluding hydrogens is 308 g/mol. The first-order valence-electron chi connectivity index (χ1n) is 8.35. The van der Waals surface area contributed by atoms with E-state index in [9.17, 15) is 13.6 Å². The van der Waals surface area contributed by atoms with Gasteiger partial charge in [-0.1, -0.05) is 30.7 Å². The van der Waals surface area contributed by atoms with Gasteiger partial charge in [0, 0.05) is 13.1 Å². The molecule has 0 N–H and O–H groups in total. The molecule has 0 bridgehead atoms. The molecule has 4 heteroatoms. The van der Waals surface area contributed by atoms with Crippen LogP contribution >= 0.6 is 0 Å². The lowest BCUT2D eigenvalue weighted by Gasteiger charge is -2.44. The first-order chi connectivity index (χ1) is 11.5. The van der Waals surface area contributed by atoms with Crippen LogP contribution in [0.3, 0.4) is 0 Å². The Kier molecular flexibility index (Phi) is 4.65. The number of carbonyl (C=O) groups excluding carboxylic acids is 1. The average molecular weight is 329 g/mol. The second-order valence-corrected chi connectivity index (χ2v) is 6.40. The van der Waals surface area contributed by atoms with Crippen LogP contribution in [0.1, 0.15) is 37.3 Å². The van der Waals surface area contributed by atoms with Gasteiger partial charge in [-0.3, -0.25) is 4.79 Å². The van der Waals surface area contributed by atoms with Crippen LogP contribution in [0.15, 0.2) is 48.5 Å². The third kappa shape index (κ3) is 3.05. The first-order valence-corrected chi connectivity index (χ1v) is 8.35. The Morgan fingerprint density at radius 1 is 1.08 bits per heavy atom. The zero-order valence-electron chi connectivity index (χ0n) is 13.8. The summed E-state index contributed by atoms with van der Waals surface area (Å²) < 4.78 is 27.0. The molecule has 1 amide bonds. The zero-order valence-corrected chi connectivity index (χ0v) is 13.8. The van der Waals surface area contributed by atoms with Crippen LogP contribution in [0.5, 0.6) is 0 Å². The normalized spacial score (nSPS) is 15.6. The summed E-state index contributed by atoms with van der Waals surface area (Å²) in [4.78, 5) is 14.9. The van der Waals surface area contributed by atoms with Crippen LogP contribution in [0.2, 0.25) is 0 Å². The molecule has 2 aromatic carbocycles. The predicted octanol–water partition coefficient (Wildman–Crippen LogP) is 4.44. The van der Waals surface area contributed by atoms with E-state index in [0.29, 0.717) is 13.1 Å². The molecule has 0 atom stereocenters. The van der Waals surface area contributed by atoms with Crippen molar-refractivity contribution in [1.29, 1.82) is 0 Å². The summed E-state index contributed by atoms with van der Waals surface area (Å²) in [7, 11) is 0. The Hall–Kier alpha value is -2.23. The molecule has 1 fully saturated rings. The molecule has 1 aliphatic rings. The lowest BCUT2D eigenvalue weighted by molar-refractivity contribution is -0.141. The van der Waals surface area contributed by atoms with Gasteiger partial charge in [0.1, 0.15) is 11.6 Å². The van der Waals surface area contributed by atoms with Crippen LogP contribution in [0.25, 0.3) is 0 Å². The van der Waals surface area contributed by atoms with E-state index >= 15 is 0 Å². The van der Waals surface area contributed by atoms with Gasteiger partial charge in [-0.15, -0.1) is 0 Å². The minimum Gasteiger partial charge on any atom is -0.338 e. The molecule has 0 unspecified atom stereocenters. The van der Waals surface area contributed by atoms with Crippen molar-refractivity contribution >= 4 is 5.91 Å². The molecule has 126 valence electrons. The van der Waals surface area contributed by atoms with Crippen molar-refractivity contribution in [2.45, 2.75) is 38.1 Å². The summed E-state index contributed by atoms with van der Waals surface area (Å²) in [6.45, 7) is 2.81. The fourth-order valence-corrected chi connectivity index (χ4v) is 3.43. The number of hydrogen-bond acceptors (Lipinski definition) is 1. The van der Waals surface area contributed by atoms with E-state index in [-0.39, 0.29) is 17.5 Å². The van der Waals surface area contributed by atoms with E-state index in [0.717, 1.165) is 30.4 Å². The molecule has 2 nitrogen and oxygen atoms in total. The number of likely N-dealkylation sites (N-methyl/N-ethyl adjacent to an activating group) is 1. The van der Waals surface area contributed by atoms with E-state index in [1.54, 1.807) is 17.0 Å². The van der Waals surface area contributed by atoms with Crippen LogP contribution in [-0.2, 0) is 16.8 Å². The first kappa shape index (κ1) is 16.6. The summed E-state index contributed by atoms with van der Waals surface area (Å²) in [5, 5.41) is 0. The van der Waals surface area contributed by atoms with Crippen molar-refractivity contribution in [2.75, 3.05) is 6.54 Å². The third-order valence-corrected chi connectivity index (χ3v) is 4.93. The highest BCUT2D eigenvalue weighted by Crippen LogP contribution is 2.45. The van der Waals surface area contributed by atoms with Crippen molar-refractivity contribution < 1.29 is 13.6 Å². The van der Waals surface area contributed by atoms with Crippen molar-refractivity contribution in [3.63, 3.8) is 0 Å². The topological polar surface area (TPSA) is 20.3 Å². The van der Waals surface area contributed by atoms with Gasteiger partial charge in [0.05, 0.1) is 5.41 Å². The van der Waals surface area contributed by atoms with E-state index in [1.165, 1.54) is 24.3 Å². The van der Waals surface area contributed by atoms with E-state index in [2.05, 4.69) is 0 Å². The van der Waals surface area contributed by atoms with Gasteiger partial charge in [-0.2, -0.15) is 0 Å². The maximum absolute atomic E-state index is 13.6. The Balaban J connectivity index is 1.86. The Morgan fingerprint density at radius 3 is 2.29 bits per heavy atom. The molecule has 0 heterocycles. The SMILES string of the molecule is CCN(Cc1cccc(F)c1)C(=O)C1(c2cccc(F)c2)CCC1. The Labute approximate surface area is 141 Å². The highest BCUT2D eigenvalue weighted by molar-refractivity contribution is 5.89. The largest absolute Gasteiger partial charge is 0.338 e. The van der Waals surface area contributed by atoms with Gasteiger partial charge in [0.25, 0.3) is 0 Å². The van der Waals surface area contributed by atoms with Gasteiger partial charge >= 0.3 is 0 Å². The molecule has 2 aromatic rings.